The van der Waals surface area contributed by atoms with E-state index in [-0.39, 0.29) is 37.5 Å². The summed E-state index contributed by atoms with van der Waals surface area (Å²) in [7, 11) is 1.24. The smallest absolute Gasteiger partial charge is 0.391 e. The second kappa shape index (κ2) is 6.82. The first-order valence-electron chi connectivity index (χ1n) is 8.77. The summed E-state index contributed by atoms with van der Waals surface area (Å²) in [5.74, 6) is -4.99. The zero-order chi connectivity index (χ0) is 19.1. The van der Waals surface area contributed by atoms with Crippen molar-refractivity contribution >= 4 is 5.97 Å². The molecule has 0 bridgehead atoms. The van der Waals surface area contributed by atoms with Crippen molar-refractivity contribution in [3.8, 4) is 0 Å². The van der Waals surface area contributed by atoms with Crippen LogP contribution < -0.4 is 0 Å². The SMILES string of the molecule is COC(=O)c1ccc(C2CC(F)(F)C2)cc1[C@H]1CC[C@@H](C(F)(F)F)CC1. The Morgan fingerprint density at radius 1 is 1.08 bits per heavy atom. The number of ether oxygens (including phenoxy) is 1. The Bertz CT molecular complexity index is 667. The van der Waals surface area contributed by atoms with Crippen molar-refractivity contribution in [1.82, 2.24) is 0 Å². The average Bonchev–Trinajstić information content (AvgIpc) is 2.57. The van der Waals surface area contributed by atoms with Crippen LogP contribution in [0.1, 0.15) is 71.8 Å². The standard InChI is InChI=1S/C19H21F5O2/c1-26-17(25)15-7-4-12(13-9-18(20,21)10-13)8-16(15)11-2-5-14(6-3-11)19(22,23)24/h4,7-8,11,13-14H,2-3,5-6,9-10H2,1H3/t11-,14+. The van der Waals surface area contributed by atoms with Crippen LogP contribution in [-0.2, 0) is 4.74 Å². The minimum absolute atomic E-state index is 0.0144. The van der Waals surface area contributed by atoms with Crippen molar-refractivity contribution in [2.45, 2.75) is 62.5 Å². The molecule has 2 fully saturated rings. The maximum Gasteiger partial charge on any atom is 0.391 e. The van der Waals surface area contributed by atoms with Gasteiger partial charge >= 0.3 is 12.1 Å². The molecule has 0 spiro atoms. The number of esters is 1. The molecule has 2 saturated carbocycles. The Balaban J connectivity index is 1.83. The van der Waals surface area contributed by atoms with E-state index in [1.165, 1.54) is 7.11 Å². The Labute approximate surface area is 148 Å². The van der Waals surface area contributed by atoms with Gasteiger partial charge in [0.05, 0.1) is 18.6 Å². The van der Waals surface area contributed by atoms with Crippen LogP contribution in [0.3, 0.4) is 0 Å². The quantitative estimate of drug-likeness (QED) is 0.491. The predicted octanol–water partition coefficient (Wildman–Crippen LogP) is 5.82. The molecule has 0 N–H and O–H groups in total. The van der Waals surface area contributed by atoms with Crippen molar-refractivity contribution in [2.24, 2.45) is 5.92 Å². The number of methoxy groups -OCH3 is 1. The highest BCUT2D eigenvalue weighted by atomic mass is 19.4. The van der Waals surface area contributed by atoms with Crippen molar-refractivity contribution in [1.29, 1.82) is 0 Å². The molecule has 144 valence electrons. The van der Waals surface area contributed by atoms with Gasteiger partial charge in [-0.25, -0.2) is 13.6 Å². The van der Waals surface area contributed by atoms with E-state index in [9.17, 15) is 26.7 Å². The van der Waals surface area contributed by atoms with Gasteiger partial charge in [0.15, 0.2) is 0 Å². The summed E-state index contributed by atoms with van der Waals surface area (Å²) in [5.41, 5.74) is 1.67. The second-order valence-corrected chi connectivity index (χ2v) is 7.39. The van der Waals surface area contributed by atoms with Crippen molar-refractivity contribution in [3.63, 3.8) is 0 Å². The fourth-order valence-electron chi connectivity index (χ4n) is 4.10. The van der Waals surface area contributed by atoms with Gasteiger partial charge in [-0.05, 0) is 54.7 Å². The van der Waals surface area contributed by atoms with Gasteiger partial charge in [0.25, 0.3) is 0 Å². The van der Waals surface area contributed by atoms with Gasteiger partial charge in [0, 0.05) is 12.8 Å². The monoisotopic (exact) mass is 376 g/mol. The first kappa shape index (κ1) is 19.1. The second-order valence-electron chi connectivity index (χ2n) is 7.39. The van der Waals surface area contributed by atoms with Gasteiger partial charge in [-0.2, -0.15) is 13.2 Å². The maximum absolute atomic E-state index is 13.2. The molecule has 26 heavy (non-hydrogen) atoms. The van der Waals surface area contributed by atoms with Gasteiger partial charge in [-0.3, -0.25) is 0 Å². The zero-order valence-corrected chi connectivity index (χ0v) is 14.4. The minimum Gasteiger partial charge on any atom is -0.465 e. The summed E-state index contributed by atoms with van der Waals surface area (Å²) in [6, 6.07) is 4.94. The molecule has 0 radical (unpaired) electrons. The number of alkyl halides is 5. The molecular formula is C19H21F5O2. The average molecular weight is 376 g/mol. The Hall–Kier alpha value is -1.66. The van der Waals surface area contributed by atoms with Crippen LogP contribution in [0.25, 0.3) is 0 Å². The molecular weight excluding hydrogens is 355 g/mol. The van der Waals surface area contributed by atoms with E-state index in [0.717, 1.165) is 5.56 Å². The fourth-order valence-corrected chi connectivity index (χ4v) is 4.10. The summed E-state index contributed by atoms with van der Waals surface area (Å²) in [6.45, 7) is 0. The zero-order valence-electron chi connectivity index (χ0n) is 14.4. The van der Waals surface area contributed by atoms with Crippen LogP contribution in [0.15, 0.2) is 18.2 Å². The molecule has 0 aromatic heterocycles. The molecule has 0 heterocycles. The lowest BCUT2D eigenvalue weighted by molar-refractivity contribution is -0.182. The largest absolute Gasteiger partial charge is 0.465 e. The fraction of sp³-hybridized carbons (Fsp3) is 0.632. The van der Waals surface area contributed by atoms with Gasteiger partial charge in [0.2, 0.25) is 5.92 Å². The Kier molecular flexibility index (Phi) is 5.01. The summed E-state index contributed by atoms with van der Waals surface area (Å²) >= 11 is 0. The Morgan fingerprint density at radius 2 is 1.69 bits per heavy atom. The summed E-state index contributed by atoms with van der Waals surface area (Å²) in [6.07, 6.45) is -4.00. The highest BCUT2D eigenvalue weighted by molar-refractivity contribution is 5.91. The van der Waals surface area contributed by atoms with E-state index in [1.54, 1.807) is 18.2 Å². The van der Waals surface area contributed by atoms with E-state index < -0.39 is 24.0 Å². The van der Waals surface area contributed by atoms with E-state index in [1.807, 2.05) is 0 Å². The molecule has 2 aliphatic carbocycles. The van der Waals surface area contributed by atoms with Crippen LogP contribution in [0.5, 0.6) is 0 Å². The van der Waals surface area contributed by atoms with E-state index in [0.29, 0.717) is 24.0 Å². The van der Waals surface area contributed by atoms with E-state index in [4.69, 9.17) is 4.74 Å². The van der Waals surface area contributed by atoms with Crippen LogP contribution in [0.4, 0.5) is 22.0 Å². The highest BCUT2D eigenvalue weighted by Gasteiger charge is 2.46. The molecule has 2 aliphatic rings. The predicted molar refractivity (Wildman–Crippen MR) is 85.5 cm³/mol. The van der Waals surface area contributed by atoms with Crippen molar-refractivity contribution in [2.75, 3.05) is 7.11 Å². The summed E-state index contributed by atoms with van der Waals surface area (Å²) in [4.78, 5) is 12.0. The van der Waals surface area contributed by atoms with Gasteiger partial charge in [0.1, 0.15) is 0 Å². The third-order valence-corrected chi connectivity index (χ3v) is 5.67. The normalized spacial score (nSPS) is 26.2. The molecule has 0 atom stereocenters. The van der Waals surface area contributed by atoms with E-state index in [2.05, 4.69) is 0 Å². The molecule has 1 aromatic rings. The molecule has 7 heteroatoms. The number of hydrogen-bond acceptors (Lipinski definition) is 2. The van der Waals surface area contributed by atoms with Crippen molar-refractivity contribution in [3.05, 3.63) is 34.9 Å². The number of benzene rings is 1. The van der Waals surface area contributed by atoms with Crippen LogP contribution in [0.2, 0.25) is 0 Å². The molecule has 2 nitrogen and oxygen atoms in total. The van der Waals surface area contributed by atoms with Gasteiger partial charge < -0.3 is 4.74 Å². The Morgan fingerprint density at radius 3 is 2.19 bits per heavy atom. The van der Waals surface area contributed by atoms with Crippen LogP contribution in [0, 0.1) is 5.92 Å². The highest BCUT2D eigenvalue weighted by Crippen LogP contribution is 2.49. The first-order chi connectivity index (χ1) is 12.1. The number of carbonyl (C=O) groups is 1. The molecule has 0 unspecified atom stereocenters. The number of rotatable bonds is 3. The summed E-state index contributed by atoms with van der Waals surface area (Å²) in [5, 5.41) is 0. The minimum atomic E-state index is -4.20. The topological polar surface area (TPSA) is 26.3 Å². The lowest BCUT2D eigenvalue weighted by atomic mass is 9.73. The molecule has 1 aromatic carbocycles. The third-order valence-electron chi connectivity index (χ3n) is 5.67. The lowest BCUT2D eigenvalue weighted by Gasteiger charge is -2.36. The maximum atomic E-state index is 13.2. The molecule has 0 aliphatic heterocycles. The van der Waals surface area contributed by atoms with Gasteiger partial charge in [-0.15, -0.1) is 0 Å². The number of hydrogen-bond donors (Lipinski definition) is 0. The number of carbonyl (C=O) groups excluding carboxylic acids is 1. The van der Waals surface area contributed by atoms with Crippen LogP contribution >= 0.6 is 0 Å². The van der Waals surface area contributed by atoms with Gasteiger partial charge in [-0.1, -0.05) is 12.1 Å². The summed E-state index contributed by atoms with van der Waals surface area (Å²) < 4.78 is 69.8. The first-order valence-corrected chi connectivity index (χ1v) is 8.77. The third kappa shape index (κ3) is 3.86. The molecule has 0 saturated heterocycles. The van der Waals surface area contributed by atoms with E-state index >= 15 is 0 Å². The number of halogens is 5. The van der Waals surface area contributed by atoms with Crippen LogP contribution in [-0.4, -0.2) is 25.2 Å². The molecule has 0 amide bonds. The molecule has 3 rings (SSSR count). The lowest BCUT2D eigenvalue weighted by Crippen LogP contribution is -2.33. The van der Waals surface area contributed by atoms with Crippen molar-refractivity contribution < 1.29 is 31.5 Å².